The molecule has 0 aliphatic carbocycles. The molecule has 0 spiro atoms. The minimum atomic E-state index is -0.885. The Morgan fingerprint density at radius 2 is 1.28 bits per heavy atom. The molecule has 0 amide bonds. The molecule has 3 atom stereocenters. The Kier molecular flexibility index (Phi) is 7.01. The number of hydrogen-bond donors (Lipinski definition) is 1. The first-order chi connectivity index (χ1) is 17.6. The maximum Gasteiger partial charge on any atom is 0.143 e. The van der Waals surface area contributed by atoms with Gasteiger partial charge < -0.3 is 14.6 Å². The summed E-state index contributed by atoms with van der Waals surface area (Å²) in [6, 6.07) is 37.2. The zero-order valence-electron chi connectivity index (χ0n) is 20.4. The summed E-state index contributed by atoms with van der Waals surface area (Å²) in [5.41, 5.74) is 2.01. The lowest BCUT2D eigenvalue weighted by molar-refractivity contribution is -0.0602. The fourth-order valence-electron chi connectivity index (χ4n) is 5.57. The predicted octanol–water partition coefficient (Wildman–Crippen LogP) is 6.10. The first-order valence-corrected chi connectivity index (χ1v) is 12.4. The van der Waals surface area contributed by atoms with E-state index in [1.54, 1.807) is 12.1 Å². The van der Waals surface area contributed by atoms with Gasteiger partial charge in [-0.3, -0.25) is 0 Å². The van der Waals surface area contributed by atoms with Gasteiger partial charge in [-0.2, -0.15) is 0 Å². The van der Waals surface area contributed by atoms with Crippen molar-refractivity contribution in [1.29, 1.82) is 0 Å². The molecule has 4 aromatic rings. The van der Waals surface area contributed by atoms with Gasteiger partial charge >= 0.3 is 0 Å². The summed E-state index contributed by atoms with van der Waals surface area (Å²) >= 11 is 0. The Hall–Kier alpha value is -3.31. The summed E-state index contributed by atoms with van der Waals surface area (Å²) in [7, 11) is 0. The highest BCUT2D eigenvalue weighted by Crippen LogP contribution is 2.45. The standard InChI is InChI=1S/C32H31FO3/c1-31(27-19-11-12-20-29(27)33)23-35-30(28(31)21-34)22-36-32(24-13-5-2-6-14-24,25-15-7-3-8-16-25)26-17-9-4-10-18-26/h2-20,28,30,34H,21-23H2,1H3/t28-,30-,31+/m1/s1. The van der Waals surface area contributed by atoms with E-state index in [2.05, 4.69) is 36.4 Å². The van der Waals surface area contributed by atoms with Crippen molar-refractivity contribution in [3.63, 3.8) is 0 Å². The molecule has 184 valence electrons. The van der Waals surface area contributed by atoms with Crippen LogP contribution in [0.1, 0.15) is 29.2 Å². The van der Waals surface area contributed by atoms with Gasteiger partial charge in [-0.05, 0) is 28.3 Å². The number of rotatable bonds is 8. The Morgan fingerprint density at radius 3 is 1.75 bits per heavy atom. The van der Waals surface area contributed by atoms with Gasteiger partial charge in [0, 0.05) is 17.9 Å². The van der Waals surface area contributed by atoms with Crippen LogP contribution in [0.4, 0.5) is 4.39 Å². The molecule has 0 bridgehead atoms. The molecule has 0 saturated carbocycles. The predicted molar refractivity (Wildman–Crippen MR) is 139 cm³/mol. The molecule has 4 aromatic carbocycles. The van der Waals surface area contributed by atoms with Gasteiger partial charge in [-0.25, -0.2) is 4.39 Å². The van der Waals surface area contributed by atoms with E-state index in [-0.39, 0.29) is 24.9 Å². The lowest BCUT2D eigenvalue weighted by Gasteiger charge is -2.38. The average Bonchev–Trinajstić information content (AvgIpc) is 3.27. The van der Waals surface area contributed by atoms with Gasteiger partial charge in [0.05, 0.1) is 19.3 Å². The van der Waals surface area contributed by atoms with Crippen LogP contribution in [-0.4, -0.2) is 31.0 Å². The van der Waals surface area contributed by atoms with Crippen LogP contribution >= 0.6 is 0 Å². The van der Waals surface area contributed by atoms with Crippen LogP contribution in [0, 0.1) is 11.7 Å². The van der Waals surface area contributed by atoms with E-state index in [9.17, 15) is 9.50 Å². The van der Waals surface area contributed by atoms with E-state index in [0.717, 1.165) is 16.7 Å². The van der Waals surface area contributed by atoms with Crippen molar-refractivity contribution in [3.05, 3.63) is 143 Å². The van der Waals surface area contributed by atoms with Crippen molar-refractivity contribution in [2.75, 3.05) is 19.8 Å². The second-order valence-electron chi connectivity index (χ2n) is 9.63. The zero-order chi connectivity index (χ0) is 25.0. The van der Waals surface area contributed by atoms with Gasteiger partial charge in [0.1, 0.15) is 11.4 Å². The van der Waals surface area contributed by atoms with Gasteiger partial charge in [0.15, 0.2) is 0 Å². The normalized spacial score (nSPS) is 22.0. The monoisotopic (exact) mass is 482 g/mol. The summed E-state index contributed by atoms with van der Waals surface area (Å²) in [5, 5.41) is 10.4. The number of ether oxygens (including phenoxy) is 2. The first kappa shape index (κ1) is 24.4. The maximum absolute atomic E-state index is 14.8. The Morgan fingerprint density at radius 1 is 0.806 bits per heavy atom. The van der Waals surface area contributed by atoms with Gasteiger partial charge in [0.25, 0.3) is 0 Å². The molecule has 1 aliphatic rings. The smallest absolute Gasteiger partial charge is 0.143 e. The zero-order valence-corrected chi connectivity index (χ0v) is 20.4. The minimum Gasteiger partial charge on any atom is -0.396 e. The Labute approximate surface area is 212 Å². The SMILES string of the molecule is C[C@@]1(c2ccccc2F)CO[C@H](COC(c2ccccc2)(c2ccccc2)c2ccccc2)[C@H]1CO. The highest BCUT2D eigenvalue weighted by Gasteiger charge is 2.49. The summed E-state index contributed by atoms with van der Waals surface area (Å²) in [4.78, 5) is 0. The molecule has 0 unspecified atom stereocenters. The summed E-state index contributed by atoms with van der Waals surface area (Å²) < 4.78 is 28.0. The molecular formula is C32H31FO3. The number of aliphatic hydroxyl groups excluding tert-OH is 1. The highest BCUT2D eigenvalue weighted by molar-refractivity contribution is 5.47. The van der Waals surface area contributed by atoms with E-state index in [1.807, 2.05) is 67.6 Å². The van der Waals surface area contributed by atoms with Crippen molar-refractivity contribution in [3.8, 4) is 0 Å². The van der Waals surface area contributed by atoms with Gasteiger partial charge in [-0.1, -0.05) is 116 Å². The van der Waals surface area contributed by atoms with E-state index in [1.165, 1.54) is 6.07 Å². The average molecular weight is 483 g/mol. The lowest BCUT2D eigenvalue weighted by Crippen LogP contribution is -2.41. The molecule has 0 radical (unpaired) electrons. The van der Waals surface area contributed by atoms with E-state index in [0.29, 0.717) is 12.2 Å². The number of hydrogen-bond acceptors (Lipinski definition) is 3. The molecule has 36 heavy (non-hydrogen) atoms. The molecule has 4 heteroatoms. The molecule has 0 aromatic heterocycles. The molecule has 1 fully saturated rings. The van der Waals surface area contributed by atoms with Gasteiger partial charge in [-0.15, -0.1) is 0 Å². The fourth-order valence-corrected chi connectivity index (χ4v) is 5.57. The molecular weight excluding hydrogens is 451 g/mol. The van der Waals surface area contributed by atoms with Crippen LogP contribution in [-0.2, 0) is 20.5 Å². The Balaban J connectivity index is 1.55. The Bertz CT molecular complexity index is 1170. The second-order valence-corrected chi connectivity index (χ2v) is 9.63. The van der Waals surface area contributed by atoms with Crippen molar-refractivity contribution in [2.45, 2.75) is 24.0 Å². The van der Waals surface area contributed by atoms with Crippen molar-refractivity contribution in [2.24, 2.45) is 5.92 Å². The molecule has 1 aliphatic heterocycles. The maximum atomic E-state index is 14.8. The van der Waals surface area contributed by atoms with Gasteiger partial charge in [0.2, 0.25) is 0 Å². The summed E-state index contributed by atoms with van der Waals surface area (Å²) in [5.74, 6) is -0.606. The van der Waals surface area contributed by atoms with Crippen LogP contribution < -0.4 is 0 Å². The summed E-state index contributed by atoms with van der Waals surface area (Å²) in [6.07, 6.45) is -0.407. The lowest BCUT2D eigenvalue weighted by atomic mass is 9.72. The van der Waals surface area contributed by atoms with Crippen molar-refractivity contribution >= 4 is 0 Å². The molecule has 1 N–H and O–H groups in total. The third-order valence-corrected chi connectivity index (χ3v) is 7.56. The van der Waals surface area contributed by atoms with Crippen LogP contribution in [0.15, 0.2) is 115 Å². The van der Waals surface area contributed by atoms with Crippen LogP contribution in [0.5, 0.6) is 0 Å². The fraction of sp³-hybridized carbons (Fsp3) is 0.250. The third kappa shape index (κ3) is 4.26. The molecule has 3 nitrogen and oxygen atoms in total. The third-order valence-electron chi connectivity index (χ3n) is 7.56. The second kappa shape index (κ2) is 10.4. The quantitative estimate of drug-likeness (QED) is 0.309. The van der Waals surface area contributed by atoms with Crippen LogP contribution in [0.2, 0.25) is 0 Å². The number of halogens is 1. The summed E-state index contributed by atoms with van der Waals surface area (Å²) in [6.45, 7) is 2.37. The van der Waals surface area contributed by atoms with Crippen molar-refractivity contribution in [1.82, 2.24) is 0 Å². The molecule has 1 saturated heterocycles. The molecule has 5 rings (SSSR count). The molecule has 1 heterocycles. The van der Waals surface area contributed by atoms with Crippen LogP contribution in [0.25, 0.3) is 0 Å². The van der Waals surface area contributed by atoms with E-state index < -0.39 is 17.1 Å². The van der Waals surface area contributed by atoms with Crippen LogP contribution in [0.3, 0.4) is 0 Å². The number of aliphatic hydroxyl groups is 1. The topological polar surface area (TPSA) is 38.7 Å². The van der Waals surface area contributed by atoms with E-state index in [4.69, 9.17) is 9.47 Å². The highest BCUT2D eigenvalue weighted by atomic mass is 19.1. The first-order valence-electron chi connectivity index (χ1n) is 12.4. The largest absolute Gasteiger partial charge is 0.396 e. The van der Waals surface area contributed by atoms with Crippen molar-refractivity contribution < 1.29 is 19.0 Å². The van der Waals surface area contributed by atoms with E-state index >= 15 is 0 Å². The minimum absolute atomic E-state index is 0.131. The number of benzene rings is 4.